The minimum Gasteiger partial charge on any atom is -0.444 e. The highest BCUT2D eigenvalue weighted by Gasteiger charge is 2.42. The van der Waals surface area contributed by atoms with Gasteiger partial charge >= 0.3 is 6.09 Å². The van der Waals surface area contributed by atoms with E-state index in [4.69, 9.17) is 4.74 Å². The summed E-state index contributed by atoms with van der Waals surface area (Å²) in [6.07, 6.45) is 1.73. The molecule has 1 rings (SSSR count). The van der Waals surface area contributed by atoms with Crippen LogP contribution in [0.3, 0.4) is 0 Å². The third kappa shape index (κ3) is 8.86. The van der Waals surface area contributed by atoms with E-state index in [0.717, 1.165) is 29.5 Å². The molecule has 0 aliphatic rings. The van der Waals surface area contributed by atoms with Crippen molar-refractivity contribution in [3.05, 3.63) is 34.9 Å². The van der Waals surface area contributed by atoms with Gasteiger partial charge in [-0.05, 0) is 86.3 Å². The fourth-order valence-corrected chi connectivity index (χ4v) is 3.98. The third-order valence-corrected chi connectivity index (χ3v) is 6.20. The predicted molar refractivity (Wildman–Crippen MR) is 141 cm³/mol. The molecule has 0 aliphatic carbocycles. The fraction of sp³-hybridized carbons (Fsp3) is 0.679. The van der Waals surface area contributed by atoms with Crippen LogP contribution in [0.4, 0.5) is 4.79 Å². The number of hydrogen-bond acceptors (Lipinski definition) is 4. The SMILES string of the molecule is CCCC(C)NC(=O)C(c1cc(C)ccc1C)N(C(=O)C(C)NC(=O)OC(C)(C)C)C(C)(C)CC. The van der Waals surface area contributed by atoms with Crippen LogP contribution in [0.5, 0.6) is 0 Å². The Morgan fingerprint density at radius 2 is 1.60 bits per heavy atom. The Morgan fingerprint density at radius 3 is 2.11 bits per heavy atom. The predicted octanol–water partition coefficient (Wildman–Crippen LogP) is 5.58. The highest BCUT2D eigenvalue weighted by Crippen LogP contribution is 2.34. The van der Waals surface area contributed by atoms with Crippen LogP contribution in [0.25, 0.3) is 0 Å². The fourth-order valence-electron chi connectivity index (χ4n) is 3.98. The van der Waals surface area contributed by atoms with Gasteiger partial charge in [-0.25, -0.2) is 4.79 Å². The van der Waals surface area contributed by atoms with Gasteiger partial charge in [-0.1, -0.05) is 44.0 Å². The molecule has 2 N–H and O–H groups in total. The topological polar surface area (TPSA) is 87.7 Å². The Labute approximate surface area is 212 Å². The van der Waals surface area contributed by atoms with E-state index < -0.39 is 29.3 Å². The molecule has 0 aromatic heterocycles. The first-order valence-electron chi connectivity index (χ1n) is 12.7. The van der Waals surface area contributed by atoms with E-state index in [1.54, 1.807) is 32.6 Å². The Kier molecular flexibility index (Phi) is 10.8. The maximum Gasteiger partial charge on any atom is 0.408 e. The lowest BCUT2D eigenvalue weighted by molar-refractivity contribution is -0.149. The van der Waals surface area contributed by atoms with E-state index in [0.29, 0.717) is 6.42 Å². The average Bonchev–Trinajstić information content (AvgIpc) is 2.71. The second-order valence-corrected chi connectivity index (χ2v) is 11.2. The molecule has 0 aliphatic heterocycles. The van der Waals surface area contributed by atoms with Crippen LogP contribution in [0.1, 0.15) is 104 Å². The molecule has 3 amide bonds. The summed E-state index contributed by atoms with van der Waals surface area (Å²) in [6.45, 7) is 20.8. The molecule has 0 spiro atoms. The van der Waals surface area contributed by atoms with E-state index in [1.807, 2.05) is 59.7 Å². The van der Waals surface area contributed by atoms with Crippen LogP contribution < -0.4 is 10.6 Å². The quantitative estimate of drug-likeness (QED) is 0.449. The maximum absolute atomic E-state index is 14.0. The van der Waals surface area contributed by atoms with Gasteiger partial charge in [-0.15, -0.1) is 0 Å². The number of carbonyl (C=O) groups is 3. The number of carbonyl (C=O) groups excluding carboxylic acids is 3. The minimum atomic E-state index is -0.885. The molecule has 0 saturated carbocycles. The van der Waals surface area contributed by atoms with Gasteiger partial charge < -0.3 is 20.3 Å². The lowest BCUT2D eigenvalue weighted by Crippen LogP contribution is -2.59. The second-order valence-electron chi connectivity index (χ2n) is 11.2. The molecule has 0 saturated heterocycles. The summed E-state index contributed by atoms with van der Waals surface area (Å²) in [4.78, 5) is 41.8. The van der Waals surface area contributed by atoms with Gasteiger partial charge in [0, 0.05) is 11.6 Å². The molecule has 1 aromatic carbocycles. The van der Waals surface area contributed by atoms with Crippen LogP contribution in [-0.4, -0.2) is 46.0 Å². The molecule has 35 heavy (non-hydrogen) atoms. The number of rotatable bonds is 10. The highest BCUT2D eigenvalue weighted by atomic mass is 16.6. The van der Waals surface area contributed by atoms with Crippen molar-refractivity contribution in [3.63, 3.8) is 0 Å². The molecule has 3 atom stereocenters. The molecular formula is C28H47N3O4. The van der Waals surface area contributed by atoms with Gasteiger partial charge in [0.25, 0.3) is 0 Å². The lowest BCUT2D eigenvalue weighted by Gasteiger charge is -2.45. The van der Waals surface area contributed by atoms with Gasteiger partial charge in [0.15, 0.2) is 0 Å². The number of alkyl carbamates (subject to hydrolysis) is 1. The molecule has 3 unspecified atom stereocenters. The van der Waals surface area contributed by atoms with Crippen LogP contribution in [0, 0.1) is 13.8 Å². The summed E-state index contributed by atoms with van der Waals surface area (Å²) >= 11 is 0. The zero-order valence-electron chi connectivity index (χ0n) is 23.7. The van der Waals surface area contributed by atoms with Crippen LogP contribution >= 0.6 is 0 Å². The van der Waals surface area contributed by atoms with Crippen molar-refractivity contribution in [1.29, 1.82) is 0 Å². The number of benzene rings is 1. The van der Waals surface area contributed by atoms with Gasteiger partial charge in [0.2, 0.25) is 11.8 Å². The first-order chi connectivity index (χ1) is 16.0. The van der Waals surface area contributed by atoms with Crippen molar-refractivity contribution in [2.45, 2.75) is 125 Å². The van der Waals surface area contributed by atoms with E-state index >= 15 is 0 Å². The zero-order chi connectivity index (χ0) is 27.1. The molecule has 198 valence electrons. The number of aryl methyl sites for hydroxylation is 2. The average molecular weight is 490 g/mol. The molecule has 7 heteroatoms. The maximum atomic E-state index is 14.0. The molecule has 0 bridgehead atoms. The standard InChI is InChI=1S/C28H47N3O4/c1-12-14-20(5)29-24(32)23(22-17-18(3)15-16-19(22)4)31(28(10,11)13-2)25(33)21(6)30-26(34)35-27(7,8)9/h15-17,20-21,23H,12-14H2,1-11H3,(H,29,32)(H,30,34). The monoisotopic (exact) mass is 489 g/mol. The molecule has 7 nitrogen and oxygen atoms in total. The number of nitrogens with one attached hydrogen (secondary N) is 2. The van der Waals surface area contributed by atoms with E-state index in [-0.39, 0.29) is 17.9 Å². The summed E-state index contributed by atoms with van der Waals surface area (Å²) in [5.74, 6) is -0.564. The van der Waals surface area contributed by atoms with E-state index in [1.165, 1.54) is 0 Å². The zero-order valence-corrected chi connectivity index (χ0v) is 23.7. The van der Waals surface area contributed by atoms with Crippen LogP contribution in [-0.2, 0) is 14.3 Å². The Bertz CT molecular complexity index is 889. The van der Waals surface area contributed by atoms with Crippen molar-refractivity contribution in [2.24, 2.45) is 0 Å². The summed E-state index contributed by atoms with van der Waals surface area (Å²) in [6, 6.07) is 4.19. The third-order valence-electron chi connectivity index (χ3n) is 6.20. The molecule has 0 fully saturated rings. The number of nitrogens with zero attached hydrogens (tertiary/aromatic N) is 1. The Hall–Kier alpha value is -2.57. The summed E-state index contributed by atoms with van der Waals surface area (Å²) in [7, 11) is 0. The van der Waals surface area contributed by atoms with Crippen molar-refractivity contribution in [2.75, 3.05) is 0 Å². The number of hydrogen-bond donors (Lipinski definition) is 2. The smallest absolute Gasteiger partial charge is 0.408 e. The number of ether oxygens (including phenoxy) is 1. The highest BCUT2D eigenvalue weighted by molar-refractivity contribution is 5.92. The summed E-state index contributed by atoms with van der Waals surface area (Å²) in [5, 5.41) is 5.78. The van der Waals surface area contributed by atoms with Crippen molar-refractivity contribution < 1.29 is 19.1 Å². The Morgan fingerprint density at radius 1 is 1.00 bits per heavy atom. The molecule has 0 radical (unpaired) electrons. The van der Waals surface area contributed by atoms with Crippen LogP contribution in [0.2, 0.25) is 0 Å². The Balaban J connectivity index is 3.56. The van der Waals surface area contributed by atoms with Gasteiger partial charge in [0.05, 0.1) is 0 Å². The molecular weight excluding hydrogens is 442 g/mol. The van der Waals surface area contributed by atoms with Gasteiger partial charge in [-0.3, -0.25) is 9.59 Å². The first-order valence-corrected chi connectivity index (χ1v) is 12.7. The van der Waals surface area contributed by atoms with E-state index in [9.17, 15) is 14.4 Å². The number of amides is 3. The van der Waals surface area contributed by atoms with Crippen molar-refractivity contribution >= 4 is 17.9 Å². The van der Waals surface area contributed by atoms with Crippen molar-refractivity contribution in [3.8, 4) is 0 Å². The summed E-state index contributed by atoms with van der Waals surface area (Å²) in [5.41, 5.74) is 1.37. The summed E-state index contributed by atoms with van der Waals surface area (Å²) < 4.78 is 5.36. The van der Waals surface area contributed by atoms with Crippen LogP contribution in [0.15, 0.2) is 18.2 Å². The molecule has 1 aromatic rings. The molecule has 0 heterocycles. The minimum absolute atomic E-state index is 0.0286. The van der Waals surface area contributed by atoms with Gasteiger partial charge in [-0.2, -0.15) is 0 Å². The largest absolute Gasteiger partial charge is 0.444 e. The van der Waals surface area contributed by atoms with Gasteiger partial charge in [0.1, 0.15) is 17.7 Å². The van der Waals surface area contributed by atoms with Crippen molar-refractivity contribution in [1.82, 2.24) is 15.5 Å². The van der Waals surface area contributed by atoms with E-state index in [2.05, 4.69) is 17.6 Å². The normalized spacial score (nSPS) is 14.5. The second kappa shape index (κ2) is 12.4. The lowest BCUT2D eigenvalue weighted by atomic mass is 9.89. The first kappa shape index (κ1) is 30.5.